The second-order valence-electron chi connectivity index (χ2n) is 5.40. The highest BCUT2D eigenvalue weighted by Crippen LogP contribution is 2.44. The first-order valence-electron chi connectivity index (χ1n) is 6.39. The average molecular weight is 221 g/mol. The second-order valence-corrected chi connectivity index (χ2v) is 5.40. The van der Waals surface area contributed by atoms with E-state index in [1.54, 1.807) is 0 Å². The van der Waals surface area contributed by atoms with Crippen LogP contribution in [0.1, 0.15) is 25.7 Å². The molecule has 2 fully saturated rings. The van der Waals surface area contributed by atoms with Crippen molar-refractivity contribution in [1.82, 2.24) is 4.90 Å². The van der Waals surface area contributed by atoms with Crippen LogP contribution >= 0.6 is 0 Å². The maximum atomic E-state index is 12.4. The molecule has 0 aromatic heterocycles. The molecule has 1 N–H and O–H groups in total. The van der Waals surface area contributed by atoms with E-state index in [-0.39, 0.29) is 18.6 Å². The lowest BCUT2D eigenvalue weighted by molar-refractivity contribution is -0.137. The van der Waals surface area contributed by atoms with Gasteiger partial charge in [0, 0.05) is 12.5 Å². The lowest BCUT2D eigenvalue weighted by Crippen LogP contribution is -2.42. The molecule has 0 aromatic rings. The van der Waals surface area contributed by atoms with Crippen LogP contribution in [0.5, 0.6) is 0 Å². The molecule has 16 heavy (non-hydrogen) atoms. The van der Waals surface area contributed by atoms with E-state index in [2.05, 4.69) is 12.2 Å². The molecule has 1 heterocycles. The van der Waals surface area contributed by atoms with Gasteiger partial charge in [0.05, 0.1) is 12.6 Å². The summed E-state index contributed by atoms with van der Waals surface area (Å²) in [5.74, 6) is 1.64. The van der Waals surface area contributed by atoms with Gasteiger partial charge in [-0.15, -0.1) is 0 Å². The van der Waals surface area contributed by atoms with Crippen LogP contribution in [0.4, 0.5) is 0 Å². The molecule has 1 saturated heterocycles. The van der Waals surface area contributed by atoms with Gasteiger partial charge in [0.1, 0.15) is 0 Å². The minimum atomic E-state index is 0.0932. The first kappa shape index (κ1) is 10.3. The van der Waals surface area contributed by atoms with Crippen molar-refractivity contribution >= 4 is 5.91 Å². The molecule has 3 heteroatoms. The summed E-state index contributed by atoms with van der Waals surface area (Å²) < 4.78 is 0. The summed E-state index contributed by atoms with van der Waals surface area (Å²) in [5.41, 5.74) is 0. The van der Waals surface area contributed by atoms with Gasteiger partial charge in [0.15, 0.2) is 0 Å². The molecular weight excluding hydrogens is 202 g/mol. The van der Waals surface area contributed by atoms with E-state index in [1.807, 2.05) is 4.90 Å². The Kier molecular flexibility index (Phi) is 2.51. The minimum Gasteiger partial charge on any atom is -0.394 e. The number of aliphatic hydroxyl groups excluding tert-OH is 1. The fourth-order valence-electron chi connectivity index (χ4n) is 3.59. The van der Waals surface area contributed by atoms with Crippen molar-refractivity contribution in [2.24, 2.45) is 17.8 Å². The standard InChI is InChI=1S/C13H19NO2/c15-8-11-2-1-5-14(11)13(16)12-7-9-3-4-10(12)6-9/h3-4,9-12,15H,1-2,5-8H2. The third-order valence-electron chi connectivity index (χ3n) is 4.47. The maximum absolute atomic E-state index is 12.4. The number of carbonyl (C=O) groups excluding carboxylic acids is 1. The van der Waals surface area contributed by atoms with E-state index < -0.39 is 0 Å². The number of carbonyl (C=O) groups is 1. The highest BCUT2D eigenvalue weighted by Gasteiger charge is 2.43. The van der Waals surface area contributed by atoms with Crippen molar-refractivity contribution in [2.75, 3.05) is 13.2 Å². The van der Waals surface area contributed by atoms with Crippen molar-refractivity contribution in [3.05, 3.63) is 12.2 Å². The number of allylic oxidation sites excluding steroid dienone is 2. The molecule has 0 radical (unpaired) electrons. The Hall–Kier alpha value is -0.830. The molecule has 4 unspecified atom stereocenters. The number of hydrogen-bond donors (Lipinski definition) is 1. The first-order valence-corrected chi connectivity index (χ1v) is 6.39. The number of aliphatic hydroxyl groups is 1. The van der Waals surface area contributed by atoms with Crippen molar-refractivity contribution < 1.29 is 9.90 Å². The third-order valence-corrected chi connectivity index (χ3v) is 4.47. The van der Waals surface area contributed by atoms with E-state index in [4.69, 9.17) is 0 Å². The third kappa shape index (κ3) is 1.49. The molecule has 4 atom stereocenters. The van der Waals surface area contributed by atoms with E-state index in [0.717, 1.165) is 25.8 Å². The van der Waals surface area contributed by atoms with Crippen LogP contribution < -0.4 is 0 Å². The van der Waals surface area contributed by atoms with Crippen LogP contribution in [0.3, 0.4) is 0 Å². The fourth-order valence-corrected chi connectivity index (χ4v) is 3.59. The molecule has 2 bridgehead atoms. The number of amides is 1. The Morgan fingerprint density at radius 2 is 2.25 bits per heavy atom. The van der Waals surface area contributed by atoms with Gasteiger partial charge in [-0.1, -0.05) is 12.2 Å². The number of rotatable bonds is 2. The van der Waals surface area contributed by atoms with Gasteiger partial charge in [-0.2, -0.15) is 0 Å². The average Bonchev–Trinajstić information content (AvgIpc) is 3.02. The van der Waals surface area contributed by atoms with Crippen LogP contribution in [0, 0.1) is 17.8 Å². The van der Waals surface area contributed by atoms with Crippen LogP contribution in [-0.4, -0.2) is 35.1 Å². The van der Waals surface area contributed by atoms with Gasteiger partial charge in [-0.3, -0.25) is 4.79 Å². The van der Waals surface area contributed by atoms with Crippen LogP contribution in [-0.2, 0) is 4.79 Å². The molecule has 1 aliphatic heterocycles. The predicted octanol–water partition coefficient (Wildman–Crippen LogP) is 1.18. The molecule has 3 rings (SSSR count). The zero-order valence-electron chi connectivity index (χ0n) is 9.51. The van der Waals surface area contributed by atoms with E-state index in [0.29, 0.717) is 17.7 Å². The van der Waals surface area contributed by atoms with Gasteiger partial charge < -0.3 is 10.0 Å². The number of nitrogens with zero attached hydrogens (tertiary/aromatic N) is 1. The molecule has 1 amide bonds. The summed E-state index contributed by atoms with van der Waals surface area (Å²) in [6, 6.07) is 0.0932. The van der Waals surface area contributed by atoms with E-state index in [9.17, 15) is 9.90 Å². The molecule has 2 aliphatic carbocycles. The van der Waals surface area contributed by atoms with Crippen molar-refractivity contribution in [3.8, 4) is 0 Å². The van der Waals surface area contributed by atoms with Gasteiger partial charge in [0.2, 0.25) is 5.91 Å². The largest absolute Gasteiger partial charge is 0.394 e. The van der Waals surface area contributed by atoms with Crippen molar-refractivity contribution in [1.29, 1.82) is 0 Å². The minimum absolute atomic E-state index is 0.0932. The summed E-state index contributed by atoms with van der Waals surface area (Å²) >= 11 is 0. The smallest absolute Gasteiger partial charge is 0.226 e. The van der Waals surface area contributed by atoms with Crippen molar-refractivity contribution in [3.63, 3.8) is 0 Å². The zero-order chi connectivity index (χ0) is 11.1. The summed E-state index contributed by atoms with van der Waals surface area (Å²) in [4.78, 5) is 14.3. The monoisotopic (exact) mass is 221 g/mol. The van der Waals surface area contributed by atoms with E-state index >= 15 is 0 Å². The van der Waals surface area contributed by atoms with Gasteiger partial charge in [0.25, 0.3) is 0 Å². The number of fused-ring (bicyclic) bond motifs is 2. The van der Waals surface area contributed by atoms with E-state index in [1.165, 1.54) is 6.42 Å². The molecule has 3 aliphatic rings. The number of hydrogen-bond acceptors (Lipinski definition) is 2. The molecular formula is C13H19NO2. The fraction of sp³-hybridized carbons (Fsp3) is 0.769. The Labute approximate surface area is 96.1 Å². The highest BCUT2D eigenvalue weighted by molar-refractivity contribution is 5.80. The summed E-state index contributed by atoms with van der Waals surface area (Å²) in [6.45, 7) is 0.976. The zero-order valence-corrected chi connectivity index (χ0v) is 9.51. The Bertz CT molecular complexity index is 326. The van der Waals surface area contributed by atoms with Crippen molar-refractivity contribution in [2.45, 2.75) is 31.7 Å². The SMILES string of the molecule is O=C(C1CC2C=CC1C2)N1CCCC1CO. The molecule has 0 aromatic carbocycles. The maximum Gasteiger partial charge on any atom is 0.226 e. The van der Waals surface area contributed by atoms with Gasteiger partial charge >= 0.3 is 0 Å². The number of likely N-dealkylation sites (tertiary alicyclic amines) is 1. The lowest BCUT2D eigenvalue weighted by atomic mass is 9.92. The Morgan fingerprint density at radius 1 is 1.38 bits per heavy atom. The highest BCUT2D eigenvalue weighted by atomic mass is 16.3. The first-order chi connectivity index (χ1) is 7.79. The Balaban J connectivity index is 1.71. The predicted molar refractivity (Wildman–Crippen MR) is 60.7 cm³/mol. The van der Waals surface area contributed by atoms with Crippen LogP contribution in [0.2, 0.25) is 0 Å². The summed E-state index contributed by atoms with van der Waals surface area (Å²) in [6.07, 6.45) is 8.72. The molecule has 0 spiro atoms. The van der Waals surface area contributed by atoms with Gasteiger partial charge in [-0.05, 0) is 37.5 Å². The topological polar surface area (TPSA) is 40.5 Å². The van der Waals surface area contributed by atoms with Crippen LogP contribution in [0.25, 0.3) is 0 Å². The normalized spacial score (nSPS) is 40.9. The second kappa shape index (κ2) is 3.88. The van der Waals surface area contributed by atoms with Gasteiger partial charge in [-0.25, -0.2) is 0 Å². The lowest BCUT2D eigenvalue weighted by Gasteiger charge is -2.28. The Morgan fingerprint density at radius 3 is 2.88 bits per heavy atom. The molecule has 3 nitrogen and oxygen atoms in total. The molecule has 88 valence electrons. The summed E-state index contributed by atoms with van der Waals surface area (Å²) in [5, 5.41) is 9.25. The molecule has 1 saturated carbocycles. The van der Waals surface area contributed by atoms with Crippen LogP contribution in [0.15, 0.2) is 12.2 Å². The summed E-state index contributed by atoms with van der Waals surface area (Å²) in [7, 11) is 0. The quantitative estimate of drug-likeness (QED) is 0.711.